The van der Waals surface area contributed by atoms with Gasteiger partial charge in [-0.3, -0.25) is 4.79 Å². The first-order valence-corrected chi connectivity index (χ1v) is 7.08. The monoisotopic (exact) mass is 309 g/mol. The fraction of sp³-hybridized carbons (Fsp3) is 0.385. The molecule has 0 atom stereocenters. The minimum Gasteiger partial charge on any atom is -0.465 e. The maximum Gasteiger partial charge on any atom is 0.349 e. The summed E-state index contributed by atoms with van der Waals surface area (Å²) in [7, 11) is 1.30. The number of aromatic nitrogens is 2. The zero-order chi connectivity index (χ0) is 15.4. The number of nitrogens with one attached hydrogen (secondary N) is 1. The van der Waals surface area contributed by atoms with Crippen LogP contribution in [0, 0.1) is 13.8 Å². The summed E-state index contributed by atoms with van der Waals surface area (Å²) in [4.78, 5) is 27.5. The fourth-order valence-corrected chi connectivity index (χ4v) is 2.56. The lowest BCUT2D eigenvalue weighted by atomic mass is 10.1. The Hall–Kier alpha value is -2.22. The molecule has 8 heteroatoms. The summed E-state index contributed by atoms with van der Waals surface area (Å²) in [6.45, 7) is 3.66. The van der Waals surface area contributed by atoms with E-state index in [2.05, 4.69) is 20.2 Å². The molecule has 0 aliphatic heterocycles. The Morgan fingerprint density at radius 3 is 2.81 bits per heavy atom. The maximum absolute atomic E-state index is 11.9. The Balaban J connectivity index is 1.90. The number of amides is 1. The van der Waals surface area contributed by atoms with Crippen molar-refractivity contribution >= 4 is 28.3 Å². The summed E-state index contributed by atoms with van der Waals surface area (Å²) < 4.78 is 9.62. The van der Waals surface area contributed by atoms with Crippen molar-refractivity contribution in [2.75, 3.05) is 12.4 Å². The first kappa shape index (κ1) is 15.2. The molecule has 2 aromatic rings. The third kappa shape index (κ3) is 3.66. The average Bonchev–Trinajstić information content (AvgIpc) is 3.04. The number of hydrogen-bond donors (Lipinski definition) is 1. The van der Waals surface area contributed by atoms with Crippen LogP contribution in [0.4, 0.5) is 5.13 Å². The lowest BCUT2D eigenvalue weighted by Gasteiger charge is -2.01. The van der Waals surface area contributed by atoms with E-state index in [1.54, 1.807) is 0 Å². The number of esters is 1. The number of methoxy groups -OCH3 is 1. The smallest absolute Gasteiger partial charge is 0.349 e. The summed E-state index contributed by atoms with van der Waals surface area (Å²) in [6, 6.07) is 0. The fourth-order valence-electron chi connectivity index (χ4n) is 1.81. The van der Waals surface area contributed by atoms with E-state index in [4.69, 9.17) is 4.52 Å². The van der Waals surface area contributed by atoms with Gasteiger partial charge in [-0.2, -0.15) is 0 Å². The molecule has 2 aromatic heterocycles. The predicted octanol–water partition coefficient (Wildman–Crippen LogP) is 2.11. The topological polar surface area (TPSA) is 94.3 Å². The predicted molar refractivity (Wildman–Crippen MR) is 76.4 cm³/mol. The number of nitrogens with zero attached hydrogens (tertiary/aromatic N) is 2. The van der Waals surface area contributed by atoms with Crippen molar-refractivity contribution in [1.82, 2.24) is 10.1 Å². The van der Waals surface area contributed by atoms with E-state index in [1.807, 2.05) is 13.8 Å². The van der Waals surface area contributed by atoms with Gasteiger partial charge in [0.2, 0.25) is 5.91 Å². The molecule has 0 aromatic carbocycles. The Labute approximate surface area is 125 Å². The van der Waals surface area contributed by atoms with Crippen molar-refractivity contribution in [3.05, 3.63) is 28.1 Å². The van der Waals surface area contributed by atoms with Crippen LogP contribution >= 0.6 is 11.3 Å². The van der Waals surface area contributed by atoms with Crippen LogP contribution < -0.4 is 5.32 Å². The van der Waals surface area contributed by atoms with Crippen molar-refractivity contribution in [2.45, 2.75) is 26.7 Å². The van der Waals surface area contributed by atoms with Gasteiger partial charge in [-0.15, -0.1) is 0 Å². The molecule has 1 amide bonds. The third-order valence-electron chi connectivity index (χ3n) is 2.92. The molecule has 112 valence electrons. The lowest BCUT2D eigenvalue weighted by molar-refractivity contribution is -0.116. The number of rotatable bonds is 5. The van der Waals surface area contributed by atoms with Crippen molar-refractivity contribution in [3.8, 4) is 0 Å². The van der Waals surface area contributed by atoms with E-state index in [0.29, 0.717) is 16.4 Å². The summed E-state index contributed by atoms with van der Waals surface area (Å²) in [5, 5.41) is 6.87. The molecule has 2 rings (SSSR count). The van der Waals surface area contributed by atoms with Crippen molar-refractivity contribution in [3.63, 3.8) is 0 Å². The van der Waals surface area contributed by atoms with Gasteiger partial charge < -0.3 is 14.6 Å². The minimum absolute atomic E-state index is 0.180. The first-order chi connectivity index (χ1) is 10.0. The zero-order valence-corrected chi connectivity index (χ0v) is 12.7. The van der Waals surface area contributed by atoms with Gasteiger partial charge in [-0.25, -0.2) is 9.78 Å². The molecular weight excluding hydrogens is 294 g/mol. The normalized spacial score (nSPS) is 10.4. The number of carbonyl (C=O) groups is 2. The molecule has 0 aliphatic rings. The van der Waals surface area contributed by atoms with Crippen molar-refractivity contribution in [1.29, 1.82) is 0 Å². The molecule has 0 fully saturated rings. The Kier molecular flexibility index (Phi) is 4.69. The highest BCUT2D eigenvalue weighted by atomic mass is 32.1. The number of anilines is 1. The molecule has 21 heavy (non-hydrogen) atoms. The van der Waals surface area contributed by atoms with Crippen LogP contribution in [-0.2, 0) is 16.0 Å². The Morgan fingerprint density at radius 1 is 1.43 bits per heavy atom. The van der Waals surface area contributed by atoms with Gasteiger partial charge in [-0.1, -0.05) is 16.5 Å². The van der Waals surface area contributed by atoms with Crippen LogP contribution in [0.1, 0.15) is 33.1 Å². The maximum atomic E-state index is 11.9. The molecule has 0 aliphatic carbocycles. The highest BCUT2D eigenvalue weighted by molar-refractivity contribution is 7.17. The van der Waals surface area contributed by atoms with Gasteiger partial charge in [0.05, 0.1) is 19.0 Å². The van der Waals surface area contributed by atoms with Crippen LogP contribution in [0.2, 0.25) is 0 Å². The molecule has 2 heterocycles. The van der Waals surface area contributed by atoms with Gasteiger partial charge in [-0.05, 0) is 20.3 Å². The van der Waals surface area contributed by atoms with Crippen molar-refractivity contribution in [2.24, 2.45) is 0 Å². The second-order valence-electron chi connectivity index (χ2n) is 4.37. The summed E-state index contributed by atoms with van der Waals surface area (Å²) in [5.74, 6) is 0.0759. The number of carbonyl (C=O) groups excluding carboxylic acids is 2. The molecule has 0 spiro atoms. The summed E-state index contributed by atoms with van der Waals surface area (Å²) >= 11 is 1.08. The highest BCUT2D eigenvalue weighted by Gasteiger charge is 2.14. The second-order valence-corrected chi connectivity index (χ2v) is 5.40. The number of aryl methyl sites for hydroxylation is 2. The largest absolute Gasteiger partial charge is 0.465 e. The number of hydrogen-bond acceptors (Lipinski definition) is 7. The van der Waals surface area contributed by atoms with Crippen LogP contribution in [0.25, 0.3) is 0 Å². The van der Waals surface area contributed by atoms with E-state index in [9.17, 15) is 9.59 Å². The third-order valence-corrected chi connectivity index (χ3v) is 3.81. The second kappa shape index (κ2) is 6.49. The van der Waals surface area contributed by atoms with E-state index >= 15 is 0 Å². The minimum atomic E-state index is -0.469. The van der Waals surface area contributed by atoms with Crippen LogP contribution in [-0.4, -0.2) is 29.1 Å². The summed E-state index contributed by atoms with van der Waals surface area (Å²) in [6.07, 6.45) is 2.21. The Morgan fingerprint density at radius 2 is 2.19 bits per heavy atom. The summed E-state index contributed by atoms with van der Waals surface area (Å²) in [5.41, 5.74) is 1.74. The van der Waals surface area contributed by atoms with Gasteiger partial charge >= 0.3 is 5.97 Å². The van der Waals surface area contributed by atoms with Gasteiger partial charge in [0.15, 0.2) is 5.13 Å². The van der Waals surface area contributed by atoms with Gasteiger partial charge in [0, 0.05) is 12.0 Å². The molecule has 0 unspecified atom stereocenters. The Bertz CT molecular complexity index is 643. The average molecular weight is 309 g/mol. The van der Waals surface area contributed by atoms with Crippen LogP contribution in [0.3, 0.4) is 0 Å². The lowest BCUT2D eigenvalue weighted by Crippen LogP contribution is -2.12. The van der Waals surface area contributed by atoms with Gasteiger partial charge in [0.25, 0.3) is 0 Å². The molecule has 7 nitrogen and oxygen atoms in total. The molecule has 1 N–H and O–H groups in total. The number of ether oxygens (including phenoxy) is 1. The SMILES string of the molecule is COC(=O)c1cnc(NC(=O)CCc2c(C)noc2C)s1. The standard InChI is InChI=1S/C13H15N3O4S/c1-7-9(8(2)20-16-7)4-5-11(17)15-13-14-6-10(21-13)12(18)19-3/h6H,4-5H2,1-3H3,(H,14,15,17). The molecule has 0 bridgehead atoms. The van der Waals surface area contributed by atoms with E-state index < -0.39 is 5.97 Å². The quantitative estimate of drug-likeness (QED) is 0.850. The molecule has 0 saturated carbocycles. The highest BCUT2D eigenvalue weighted by Crippen LogP contribution is 2.19. The van der Waals surface area contributed by atoms with E-state index in [0.717, 1.165) is 28.4 Å². The van der Waals surface area contributed by atoms with E-state index in [1.165, 1.54) is 13.3 Å². The zero-order valence-electron chi connectivity index (χ0n) is 11.9. The molecule has 0 saturated heterocycles. The van der Waals surface area contributed by atoms with Gasteiger partial charge in [0.1, 0.15) is 10.6 Å². The van der Waals surface area contributed by atoms with Crippen molar-refractivity contribution < 1.29 is 18.8 Å². The van der Waals surface area contributed by atoms with Crippen LogP contribution in [0.5, 0.6) is 0 Å². The van der Waals surface area contributed by atoms with E-state index in [-0.39, 0.29) is 12.3 Å². The van der Waals surface area contributed by atoms with Crippen LogP contribution in [0.15, 0.2) is 10.7 Å². The molecule has 0 radical (unpaired) electrons. The first-order valence-electron chi connectivity index (χ1n) is 6.27. The molecular formula is C13H15N3O4S. The number of thiazole rings is 1.